The van der Waals surface area contributed by atoms with Crippen LogP contribution in [0, 0.1) is 0 Å². The van der Waals surface area contributed by atoms with Gasteiger partial charge in [-0.3, -0.25) is 4.90 Å². The topological polar surface area (TPSA) is 33.7 Å². The first kappa shape index (κ1) is 16.8. The molecule has 0 heterocycles. The predicted octanol–water partition coefficient (Wildman–Crippen LogP) is 1.36. The summed E-state index contributed by atoms with van der Waals surface area (Å²) in [6, 6.07) is 0.598. The molecular weight excluding hydrogens is 216 g/mol. The summed E-state index contributed by atoms with van der Waals surface area (Å²) in [5.41, 5.74) is 0. The zero-order valence-corrected chi connectivity index (χ0v) is 12.0. The summed E-state index contributed by atoms with van der Waals surface area (Å²) in [6.45, 7) is 10.3. The van der Waals surface area contributed by atoms with E-state index in [1.807, 2.05) is 0 Å². The molecule has 0 bridgehead atoms. The van der Waals surface area contributed by atoms with Gasteiger partial charge in [0.25, 0.3) is 0 Å². The van der Waals surface area contributed by atoms with Crippen LogP contribution < -0.4 is 5.32 Å². The van der Waals surface area contributed by atoms with E-state index in [2.05, 4.69) is 24.1 Å². The second kappa shape index (κ2) is 12.3. The van der Waals surface area contributed by atoms with Gasteiger partial charge in [0.1, 0.15) is 0 Å². The van der Waals surface area contributed by atoms with Crippen molar-refractivity contribution >= 4 is 0 Å². The van der Waals surface area contributed by atoms with Gasteiger partial charge in [-0.05, 0) is 32.9 Å². The van der Waals surface area contributed by atoms with E-state index in [1.54, 1.807) is 14.2 Å². The molecule has 0 radical (unpaired) electrons. The van der Waals surface area contributed by atoms with E-state index < -0.39 is 0 Å². The molecule has 1 atom stereocenters. The number of nitrogens with zero attached hydrogens (tertiary/aromatic N) is 1. The van der Waals surface area contributed by atoms with Crippen LogP contribution in [0.1, 0.15) is 26.7 Å². The van der Waals surface area contributed by atoms with E-state index in [9.17, 15) is 0 Å². The van der Waals surface area contributed by atoms with Crippen LogP contribution in [0.4, 0.5) is 0 Å². The zero-order chi connectivity index (χ0) is 12.9. The molecule has 104 valence electrons. The Morgan fingerprint density at radius 1 is 1.12 bits per heavy atom. The number of hydrogen-bond acceptors (Lipinski definition) is 4. The minimum atomic E-state index is 0.598. The van der Waals surface area contributed by atoms with Crippen LogP contribution in [0.3, 0.4) is 0 Å². The predicted molar refractivity (Wildman–Crippen MR) is 72.6 cm³/mol. The third-order valence-corrected chi connectivity index (χ3v) is 2.99. The molecule has 0 aromatic heterocycles. The fraction of sp³-hybridized carbons (Fsp3) is 1.00. The lowest BCUT2D eigenvalue weighted by Crippen LogP contribution is -2.38. The van der Waals surface area contributed by atoms with Crippen molar-refractivity contribution < 1.29 is 9.47 Å². The highest BCUT2D eigenvalue weighted by Crippen LogP contribution is 2.04. The Hall–Kier alpha value is -0.160. The summed E-state index contributed by atoms with van der Waals surface area (Å²) < 4.78 is 10.3. The van der Waals surface area contributed by atoms with Gasteiger partial charge in [0, 0.05) is 40.0 Å². The van der Waals surface area contributed by atoms with Crippen molar-refractivity contribution in [3.05, 3.63) is 0 Å². The maximum atomic E-state index is 5.17. The van der Waals surface area contributed by atoms with E-state index in [4.69, 9.17) is 9.47 Å². The largest absolute Gasteiger partial charge is 0.385 e. The SMILES string of the molecule is CCNCCC(C)N(CCCOC)CCOC. The Morgan fingerprint density at radius 2 is 1.82 bits per heavy atom. The van der Waals surface area contributed by atoms with E-state index in [0.29, 0.717) is 6.04 Å². The summed E-state index contributed by atoms with van der Waals surface area (Å²) in [5.74, 6) is 0. The third-order valence-electron chi connectivity index (χ3n) is 2.99. The summed E-state index contributed by atoms with van der Waals surface area (Å²) in [6.07, 6.45) is 2.27. The monoisotopic (exact) mass is 246 g/mol. The van der Waals surface area contributed by atoms with Gasteiger partial charge in [-0.2, -0.15) is 0 Å². The number of nitrogens with one attached hydrogen (secondary N) is 1. The molecule has 0 aliphatic heterocycles. The van der Waals surface area contributed by atoms with E-state index in [-0.39, 0.29) is 0 Å². The molecule has 0 saturated carbocycles. The van der Waals surface area contributed by atoms with Crippen molar-refractivity contribution in [1.82, 2.24) is 10.2 Å². The van der Waals surface area contributed by atoms with Crippen LogP contribution in [-0.2, 0) is 9.47 Å². The molecule has 1 N–H and O–H groups in total. The van der Waals surface area contributed by atoms with Gasteiger partial charge in [0.15, 0.2) is 0 Å². The molecule has 0 aliphatic carbocycles. The van der Waals surface area contributed by atoms with Crippen LogP contribution in [0.2, 0.25) is 0 Å². The number of hydrogen-bond donors (Lipinski definition) is 1. The molecule has 0 amide bonds. The molecule has 4 heteroatoms. The smallest absolute Gasteiger partial charge is 0.0589 e. The number of rotatable bonds is 12. The highest BCUT2D eigenvalue weighted by Gasteiger charge is 2.12. The van der Waals surface area contributed by atoms with Crippen LogP contribution >= 0.6 is 0 Å². The first-order valence-corrected chi connectivity index (χ1v) is 6.68. The Morgan fingerprint density at radius 3 is 2.41 bits per heavy atom. The molecule has 0 aromatic rings. The molecule has 0 aliphatic rings. The highest BCUT2D eigenvalue weighted by molar-refractivity contribution is 4.68. The molecule has 0 saturated heterocycles. The second-order valence-corrected chi connectivity index (χ2v) is 4.37. The van der Waals surface area contributed by atoms with Crippen LogP contribution in [-0.4, -0.2) is 64.6 Å². The summed E-state index contributed by atoms with van der Waals surface area (Å²) in [4.78, 5) is 2.49. The fourth-order valence-electron chi connectivity index (χ4n) is 1.84. The molecule has 0 fully saturated rings. The standard InChI is InChI=1S/C13H30N2O2/c1-5-14-8-7-13(2)15(10-12-17-4)9-6-11-16-3/h13-14H,5-12H2,1-4H3. The van der Waals surface area contributed by atoms with Gasteiger partial charge in [0.2, 0.25) is 0 Å². The molecule has 0 rings (SSSR count). The van der Waals surface area contributed by atoms with E-state index in [0.717, 1.165) is 45.8 Å². The summed E-state index contributed by atoms with van der Waals surface area (Å²) in [5, 5.41) is 3.37. The minimum Gasteiger partial charge on any atom is -0.385 e. The minimum absolute atomic E-state index is 0.598. The average molecular weight is 246 g/mol. The van der Waals surface area contributed by atoms with Crippen molar-refractivity contribution in [2.75, 3.05) is 53.6 Å². The molecule has 0 spiro atoms. The zero-order valence-electron chi connectivity index (χ0n) is 12.0. The first-order chi connectivity index (χ1) is 8.26. The van der Waals surface area contributed by atoms with Crippen molar-refractivity contribution in [1.29, 1.82) is 0 Å². The van der Waals surface area contributed by atoms with E-state index >= 15 is 0 Å². The highest BCUT2D eigenvalue weighted by atomic mass is 16.5. The summed E-state index contributed by atoms with van der Waals surface area (Å²) in [7, 11) is 3.52. The van der Waals surface area contributed by atoms with Crippen molar-refractivity contribution in [3.63, 3.8) is 0 Å². The number of methoxy groups -OCH3 is 2. The average Bonchev–Trinajstić information content (AvgIpc) is 2.33. The maximum Gasteiger partial charge on any atom is 0.0589 e. The van der Waals surface area contributed by atoms with Gasteiger partial charge in [0.05, 0.1) is 6.61 Å². The maximum absolute atomic E-state index is 5.17. The van der Waals surface area contributed by atoms with Gasteiger partial charge in [-0.15, -0.1) is 0 Å². The van der Waals surface area contributed by atoms with Gasteiger partial charge >= 0.3 is 0 Å². The normalized spacial score (nSPS) is 13.2. The van der Waals surface area contributed by atoms with Crippen molar-refractivity contribution in [2.24, 2.45) is 0 Å². The third kappa shape index (κ3) is 9.53. The van der Waals surface area contributed by atoms with Gasteiger partial charge < -0.3 is 14.8 Å². The van der Waals surface area contributed by atoms with Gasteiger partial charge in [-0.25, -0.2) is 0 Å². The van der Waals surface area contributed by atoms with Crippen LogP contribution in [0.25, 0.3) is 0 Å². The molecule has 0 aromatic carbocycles. The Bertz CT molecular complexity index is 156. The molecule has 4 nitrogen and oxygen atoms in total. The van der Waals surface area contributed by atoms with Crippen LogP contribution in [0.5, 0.6) is 0 Å². The Kier molecular flexibility index (Phi) is 12.2. The first-order valence-electron chi connectivity index (χ1n) is 6.68. The molecular formula is C13H30N2O2. The molecule has 1 unspecified atom stereocenters. The Balaban J connectivity index is 3.86. The fourth-order valence-corrected chi connectivity index (χ4v) is 1.84. The Labute approximate surface area is 107 Å². The summed E-state index contributed by atoms with van der Waals surface area (Å²) >= 11 is 0. The quantitative estimate of drug-likeness (QED) is 0.527. The lowest BCUT2D eigenvalue weighted by Gasteiger charge is -2.29. The van der Waals surface area contributed by atoms with Crippen molar-refractivity contribution in [2.45, 2.75) is 32.7 Å². The lowest BCUT2D eigenvalue weighted by molar-refractivity contribution is 0.108. The van der Waals surface area contributed by atoms with Crippen LogP contribution in [0.15, 0.2) is 0 Å². The second-order valence-electron chi connectivity index (χ2n) is 4.37. The van der Waals surface area contributed by atoms with Crippen molar-refractivity contribution in [3.8, 4) is 0 Å². The number of ether oxygens (including phenoxy) is 2. The van der Waals surface area contributed by atoms with E-state index in [1.165, 1.54) is 6.42 Å². The lowest BCUT2D eigenvalue weighted by atomic mass is 10.2. The molecule has 17 heavy (non-hydrogen) atoms. The van der Waals surface area contributed by atoms with Gasteiger partial charge in [-0.1, -0.05) is 6.92 Å².